The van der Waals surface area contributed by atoms with Crippen LogP contribution in [0.3, 0.4) is 0 Å². The van der Waals surface area contributed by atoms with E-state index in [1.165, 1.54) is 6.07 Å². The summed E-state index contributed by atoms with van der Waals surface area (Å²) in [7, 11) is 0. The van der Waals surface area contributed by atoms with Crippen molar-refractivity contribution in [3.05, 3.63) is 48.3 Å². The topological polar surface area (TPSA) is 103 Å². The number of nitrogens with one attached hydrogen (secondary N) is 2. The second-order valence-electron chi connectivity index (χ2n) is 6.07. The molecule has 2 N–H and O–H groups in total. The van der Waals surface area contributed by atoms with Crippen LogP contribution in [0.1, 0.15) is 5.56 Å². The van der Waals surface area contributed by atoms with Crippen LogP contribution in [0.2, 0.25) is 0 Å². The molecule has 0 fully saturated rings. The lowest BCUT2D eigenvalue weighted by molar-refractivity contribution is 0.368. The van der Waals surface area contributed by atoms with Gasteiger partial charge in [-0.3, -0.25) is 0 Å². The quantitative estimate of drug-likeness (QED) is 0.526. The zero-order valence-electron chi connectivity index (χ0n) is 14.5. The van der Waals surface area contributed by atoms with Crippen molar-refractivity contribution in [3.8, 4) is 29.0 Å². The Morgan fingerprint density at radius 1 is 1.07 bits per heavy atom. The summed E-state index contributed by atoms with van der Waals surface area (Å²) >= 11 is 0. The molecule has 0 unspecified atom stereocenters. The Balaban J connectivity index is 1.63. The Morgan fingerprint density at radius 2 is 1.79 bits per heavy atom. The summed E-state index contributed by atoms with van der Waals surface area (Å²) in [5.74, 6) is 0.553. The van der Waals surface area contributed by atoms with E-state index in [0.29, 0.717) is 17.1 Å². The fraction of sp³-hybridized carbons (Fsp3) is 0.158. The highest BCUT2D eigenvalue weighted by atomic mass is 19.1. The molecule has 7 nitrogen and oxygen atoms in total. The second kappa shape index (κ2) is 7.44. The second-order valence-corrected chi connectivity index (χ2v) is 6.07. The number of fused-ring (bicyclic) bond motifs is 1. The Morgan fingerprint density at radius 3 is 2.50 bits per heavy atom. The van der Waals surface area contributed by atoms with Crippen molar-refractivity contribution in [1.29, 1.82) is 5.26 Å². The van der Waals surface area contributed by atoms with Gasteiger partial charge in [-0.05, 0) is 36.4 Å². The smallest absolute Gasteiger partial charge is 0.248 e. The van der Waals surface area contributed by atoms with Gasteiger partial charge in [-0.1, -0.05) is 0 Å². The molecular weight excluding hydrogens is 366 g/mol. The van der Waals surface area contributed by atoms with Crippen LogP contribution in [0.15, 0.2) is 47.1 Å². The highest BCUT2D eigenvalue weighted by Crippen LogP contribution is 2.28. The molecule has 28 heavy (non-hydrogen) atoms. The van der Waals surface area contributed by atoms with E-state index >= 15 is 0 Å². The van der Waals surface area contributed by atoms with Gasteiger partial charge in [0.2, 0.25) is 11.8 Å². The van der Waals surface area contributed by atoms with Gasteiger partial charge in [0.1, 0.15) is 19.4 Å². The number of H-pyrrole nitrogens is 1. The lowest BCUT2D eigenvalue weighted by Crippen LogP contribution is -2.24. The summed E-state index contributed by atoms with van der Waals surface area (Å²) in [6, 6.07) is 11.3. The predicted molar refractivity (Wildman–Crippen MR) is 98.9 cm³/mol. The molecule has 2 aromatic heterocycles. The molecule has 0 saturated carbocycles. The average Bonchev–Trinajstić information content (AvgIpc) is 3.41. The Hall–Kier alpha value is -3.80. The van der Waals surface area contributed by atoms with Crippen LogP contribution >= 0.6 is 0 Å². The molecule has 4 rings (SSSR count). The fourth-order valence-corrected chi connectivity index (χ4v) is 2.76. The number of anilines is 1. The molecule has 9 heteroatoms. The van der Waals surface area contributed by atoms with Crippen LogP contribution in [0, 0.1) is 11.3 Å². The fourth-order valence-electron chi connectivity index (χ4n) is 2.76. The summed E-state index contributed by atoms with van der Waals surface area (Å²) in [6.07, 6.45) is 1.60. The van der Waals surface area contributed by atoms with E-state index in [4.69, 9.17) is 4.42 Å². The van der Waals surface area contributed by atoms with Gasteiger partial charge in [0.05, 0.1) is 34.7 Å². The lowest BCUT2D eigenvalue weighted by Gasteiger charge is -2.14. The number of hydrogen-bond acceptors (Lipinski definition) is 6. The number of aromatic amines is 1. The normalized spacial score (nSPS) is 11.1. The van der Waals surface area contributed by atoms with Gasteiger partial charge in [0, 0.05) is 11.1 Å². The largest absolute Gasteiger partial charge is 0.416 e. The van der Waals surface area contributed by atoms with Crippen LogP contribution in [0.25, 0.3) is 33.9 Å². The van der Waals surface area contributed by atoms with Crippen molar-refractivity contribution in [2.45, 2.75) is 6.04 Å². The van der Waals surface area contributed by atoms with Gasteiger partial charge in [0.25, 0.3) is 0 Å². The Labute approximate surface area is 158 Å². The summed E-state index contributed by atoms with van der Waals surface area (Å²) in [5, 5.41) is 20.1. The van der Waals surface area contributed by atoms with E-state index < -0.39 is 19.4 Å². The van der Waals surface area contributed by atoms with Crippen molar-refractivity contribution in [1.82, 2.24) is 20.2 Å². The monoisotopic (exact) mass is 380 g/mol. The third-order valence-corrected chi connectivity index (χ3v) is 4.21. The average molecular weight is 380 g/mol. The number of halogens is 2. The summed E-state index contributed by atoms with van der Waals surface area (Å²) in [4.78, 5) is 7.18. The summed E-state index contributed by atoms with van der Waals surface area (Å²) < 4.78 is 31.2. The molecule has 0 amide bonds. The van der Waals surface area contributed by atoms with E-state index in [1.807, 2.05) is 24.3 Å². The van der Waals surface area contributed by atoms with E-state index in [9.17, 15) is 14.0 Å². The number of nitrogens with zero attached hydrogens (tertiary/aromatic N) is 4. The van der Waals surface area contributed by atoms with Crippen LogP contribution in [-0.2, 0) is 0 Å². The first-order chi connectivity index (χ1) is 13.7. The first-order valence-electron chi connectivity index (χ1n) is 8.42. The van der Waals surface area contributed by atoms with Crippen LogP contribution in [-0.4, -0.2) is 39.6 Å². The molecule has 2 aromatic carbocycles. The molecule has 0 aliphatic rings. The van der Waals surface area contributed by atoms with E-state index in [0.717, 1.165) is 16.6 Å². The Kier molecular flexibility index (Phi) is 4.68. The van der Waals surface area contributed by atoms with Crippen LogP contribution < -0.4 is 5.32 Å². The minimum atomic E-state index is -0.995. The molecule has 0 aliphatic carbocycles. The van der Waals surface area contributed by atoms with Crippen molar-refractivity contribution in [3.63, 3.8) is 0 Å². The minimum Gasteiger partial charge on any atom is -0.416 e. The molecule has 0 spiro atoms. The number of aromatic nitrogens is 4. The van der Waals surface area contributed by atoms with Crippen LogP contribution in [0.4, 0.5) is 14.5 Å². The zero-order valence-corrected chi connectivity index (χ0v) is 14.5. The highest BCUT2D eigenvalue weighted by molar-refractivity contribution is 5.79. The number of alkyl halides is 2. The maximum atomic E-state index is 12.7. The number of nitriles is 1. The van der Waals surface area contributed by atoms with Crippen molar-refractivity contribution >= 4 is 16.7 Å². The van der Waals surface area contributed by atoms with Gasteiger partial charge in [-0.15, -0.1) is 10.2 Å². The number of hydrogen-bond donors (Lipinski definition) is 2. The molecule has 0 aliphatic heterocycles. The van der Waals surface area contributed by atoms with Gasteiger partial charge in [-0.25, -0.2) is 13.8 Å². The number of imidazole rings is 1. The van der Waals surface area contributed by atoms with E-state index in [1.54, 1.807) is 18.5 Å². The standard InChI is InChI=1S/C19H14F2N6O/c20-7-14(8-21)25-15-3-1-11(5-13(15)9-22)18-26-27-19(28-18)12-2-4-16-17(6-12)24-10-23-16/h1-6,10,14,25H,7-8H2,(H,23,24). The Bertz CT molecular complexity index is 1160. The minimum absolute atomic E-state index is 0.225. The molecule has 0 atom stereocenters. The van der Waals surface area contributed by atoms with Gasteiger partial charge >= 0.3 is 0 Å². The molecule has 0 radical (unpaired) electrons. The molecular formula is C19H14F2N6O. The third kappa shape index (κ3) is 3.27. The first-order valence-corrected chi connectivity index (χ1v) is 8.42. The van der Waals surface area contributed by atoms with Gasteiger partial charge in [-0.2, -0.15) is 5.26 Å². The van der Waals surface area contributed by atoms with Gasteiger partial charge in [0.15, 0.2) is 0 Å². The lowest BCUT2D eigenvalue weighted by atomic mass is 10.1. The van der Waals surface area contributed by atoms with Crippen molar-refractivity contribution in [2.75, 3.05) is 18.7 Å². The number of rotatable bonds is 6. The molecule has 0 saturated heterocycles. The summed E-state index contributed by atoms with van der Waals surface area (Å²) in [5.41, 5.74) is 3.49. The number of benzene rings is 2. The van der Waals surface area contributed by atoms with Crippen LogP contribution in [0.5, 0.6) is 0 Å². The molecule has 0 bridgehead atoms. The first kappa shape index (κ1) is 17.6. The molecule has 4 aromatic rings. The van der Waals surface area contributed by atoms with E-state index in [-0.39, 0.29) is 11.5 Å². The SMILES string of the molecule is N#Cc1cc(-c2nnc(-c3ccc4nc[nH]c4c3)o2)ccc1NC(CF)CF. The zero-order chi connectivity index (χ0) is 19.5. The maximum Gasteiger partial charge on any atom is 0.248 e. The molecule has 140 valence electrons. The summed E-state index contributed by atoms with van der Waals surface area (Å²) in [6.45, 7) is -1.76. The third-order valence-electron chi connectivity index (χ3n) is 4.21. The highest BCUT2D eigenvalue weighted by Gasteiger charge is 2.15. The predicted octanol–water partition coefficient (Wildman–Crippen LogP) is 3.87. The van der Waals surface area contributed by atoms with Crippen molar-refractivity contribution in [2.24, 2.45) is 0 Å². The van der Waals surface area contributed by atoms with Gasteiger partial charge < -0.3 is 14.7 Å². The van der Waals surface area contributed by atoms with Crippen molar-refractivity contribution < 1.29 is 13.2 Å². The maximum absolute atomic E-state index is 12.7. The molecule has 2 heterocycles. The van der Waals surface area contributed by atoms with E-state index in [2.05, 4.69) is 25.5 Å².